The second kappa shape index (κ2) is 34.6. The number of halogens is 3. The fourth-order valence-corrected chi connectivity index (χ4v) is 10.2. The van der Waals surface area contributed by atoms with E-state index in [4.69, 9.17) is 24.7 Å². The normalized spacial score (nSPS) is 17.1. The third-order valence-electron chi connectivity index (χ3n) is 14.4. The monoisotopic (exact) mass is 1210 g/mol. The van der Waals surface area contributed by atoms with Gasteiger partial charge in [0.1, 0.15) is 40.2 Å². The molecule has 0 atom stereocenters. The lowest BCUT2D eigenvalue weighted by molar-refractivity contribution is -0.122. The lowest BCUT2D eigenvalue weighted by atomic mass is 9.96. The zero-order valence-corrected chi connectivity index (χ0v) is 52.0. The van der Waals surface area contributed by atoms with Gasteiger partial charge in [-0.1, -0.05) is 0 Å². The van der Waals surface area contributed by atoms with Crippen LogP contribution in [-0.4, -0.2) is 180 Å². The van der Waals surface area contributed by atoms with Crippen molar-refractivity contribution in [3.63, 3.8) is 0 Å². The Morgan fingerprint density at radius 3 is 1.07 bits per heavy atom. The summed E-state index contributed by atoms with van der Waals surface area (Å²) >= 11 is 0. The standard InChI is InChI=1S/C21H30FN3O3.C18H25FN2O3.C10H17NO3.C8H13NO3.C6H6FN/c1-3-28-21(27)24-14-8-18(9-15-24)23-12-10-20(11-13-23)25(16(2)26)19-6-4-17(22)5-7-19;1-13(22)21(15-7-5-14(19)6-8-15)16-9-11-20(12-10-16)17(23)24-18(2,3)4;1-10(2,3)14-9(13)11-6-4-8(12)5-7-11;1-2-12-8(11)9-5-3-7(10)4-6-9;7-5-1-3-6(8)4-2-5/h4-7,18,20H,3,8-15H2,1-2H3;5-8,16H,9-12H2,1-4H3;4-7H2,1-3H3;2-6H2,1H3;1-4H,8H2. The number of nitrogens with zero attached hydrogens (tertiary/aromatic N) is 7. The zero-order valence-electron chi connectivity index (χ0n) is 52.0. The van der Waals surface area contributed by atoms with Gasteiger partial charge in [-0.25, -0.2) is 32.3 Å². The van der Waals surface area contributed by atoms with Crippen molar-refractivity contribution in [1.82, 2.24) is 24.5 Å². The van der Waals surface area contributed by atoms with E-state index in [0.29, 0.717) is 108 Å². The molecular formula is C63H91F3N8O12. The molecule has 5 heterocycles. The Morgan fingerprint density at radius 1 is 0.465 bits per heavy atom. The Balaban J connectivity index is 0.000000246. The van der Waals surface area contributed by atoms with Gasteiger partial charge in [0.15, 0.2) is 0 Å². The van der Waals surface area contributed by atoms with E-state index in [1.54, 1.807) is 67.5 Å². The fraction of sp³-hybridized carbons (Fsp3) is 0.587. The van der Waals surface area contributed by atoms with Crippen LogP contribution in [0.4, 0.5) is 49.4 Å². The van der Waals surface area contributed by atoms with Crippen LogP contribution in [0.15, 0.2) is 72.8 Å². The van der Waals surface area contributed by atoms with E-state index in [1.807, 2.05) is 48.5 Å². The highest BCUT2D eigenvalue weighted by molar-refractivity contribution is 5.93. The minimum absolute atomic E-state index is 0.00666. The quantitative estimate of drug-likeness (QED) is 0.172. The van der Waals surface area contributed by atoms with E-state index in [2.05, 4.69) is 4.90 Å². The number of anilines is 3. The van der Waals surface area contributed by atoms with Crippen LogP contribution in [0.1, 0.15) is 133 Å². The molecule has 0 radical (unpaired) electrons. The molecule has 5 aliphatic heterocycles. The number of ether oxygens (including phenoxy) is 4. The molecule has 3 aromatic rings. The molecule has 5 aliphatic rings. The number of benzene rings is 3. The zero-order chi connectivity index (χ0) is 63.7. The number of rotatable bonds is 7. The summed E-state index contributed by atoms with van der Waals surface area (Å²) in [5, 5.41) is 0. The van der Waals surface area contributed by atoms with Crippen LogP contribution in [0.25, 0.3) is 0 Å². The predicted octanol–water partition coefficient (Wildman–Crippen LogP) is 10.6. The summed E-state index contributed by atoms with van der Waals surface area (Å²) in [5.74, 6) is -0.511. The maximum atomic E-state index is 13.2. The lowest BCUT2D eigenvalue weighted by Gasteiger charge is -2.43. The summed E-state index contributed by atoms with van der Waals surface area (Å²) < 4.78 is 58.8. The molecule has 0 aromatic heterocycles. The van der Waals surface area contributed by atoms with Crippen molar-refractivity contribution >= 4 is 64.8 Å². The first-order valence-corrected chi connectivity index (χ1v) is 29.8. The molecule has 2 N–H and O–H groups in total. The summed E-state index contributed by atoms with van der Waals surface area (Å²) in [6, 6.07) is 18.4. The molecule has 3 aromatic carbocycles. The second-order valence-electron chi connectivity index (χ2n) is 23.4. The minimum Gasteiger partial charge on any atom is -0.450 e. The van der Waals surface area contributed by atoms with Gasteiger partial charge in [-0.2, -0.15) is 0 Å². The molecule has 0 saturated carbocycles. The number of hydrogen-bond acceptors (Lipinski definition) is 14. The molecule has 0 unspecified atom stereocenters. The van der Waals surface area contributed by atoms with E-state index in [-0.39, 0.29) is 77.3 Å². The Hall–Kier alpha value is -7.43. The van der Waals surface area contributed by atoms with Crippen LogP contribution >= 0.6 is 0 Å². The van der Waals surface area contributed by atoms with Crippen molar-refractivity contribution in [2.24, 2.45) is 0 Å². The number of ketones is 2. The molecular weight excluding hydrogens is 1120 g/mol. The highest BCUT2D eigenvalue weighted by atomic mass is 19.1. The predicted molar refractivity (Wildman–Crippen MR) is 322 cm³/mol. The second-order valence-corrected chi connectivity index (χ2v) is 23.4. The van der Waals surface area contributed by atoms with E-state index in [9.17, 15) is 51.5 Å². The SMILES string of the molecule is CC(=O)N(c1ccc(F)cc1)C1CCN(C(=O)OC(C)(C)C)CC1.CC(C)(C)OC(=O)N1CCC(=O)CC1.CCOC(=O)N1CCC(=O)CC1.CCOC(=O)N1CCC(N2CCC(N(C(C)=O)c3ccc(F)cc3)CC2)CC1.Nc1ccc(F)cc1. The molecule has 0 aliphatic carbocycles. The van der Waals surface area contributed by atoms with Crippen LogP contribution in [0.5, 0.6) is 0 Å². The smallest absolute Gasteiger partial charge is 0.410 e. The third kappa shape index (κ3) is 24.9. The first-order valence-electron chi connectivity index (χ1n) is 29.8. The van der Waals surface area contributed by atoms with Crippen LogP contribution in [0, 0.1) is 17.5 Å². The summed E-state index contributed by atoms with van der Waals surface area (Å²) in [7, 11) is 0. The average molecular weight is 1210 g/mol. The van der Waals surface area contributed by atoms with Gasteiger partial charge in [0.2, 0.25) is 11.8 Å². The van der Waals surface area contributed by atoms with Gasteiger partial charge in [0, 0.05) is 140 Å². The first-order chi connectivity index (χ1) is 40.6. The molecule has 23 heteroatoms. The van der Waals surface area contributed by atoms with Gasteiger partial charge in [0.05, 0.1) is 13.2 Å². The molecule has 0 bridgehead atoms. The Morgan fingerprint density at radius 2 is 0.756 bits per heavy atom. The van der Waals surface area contributed by atoms with Crippen molar-refractivity contribution in [2.75, 3.05) is 94.2 Å². The van der Waals surface area contributed by atoms with Crippen molar-refractivity contribution in [2.45, 2.75) is 163 Å². The molecule has 6 amide bonds. The lowest BCUT2D eigenvalue weighted by Crippen LogP contribution is -2.52. The van der Waals surface area contributed by atoms with Gasteiger partial charge in [0.25, 0.3) is 0 Å². The molecule has 0 spiro atoms. The maximum Gasteiger partial charge on any atom is 0.410 e. The number of nitrogens with two attached hydrogens (primary N) is 1. The largest absolute Gasteiger partial charge is 0.450 e. The third-order valence-corrected chi connectivity index (χ3v) is 14.4. The van der Waals surface area contributed by atoms with Gasteiger partial charge in [-0.15, -0.1) is 0 Å². The Labute approximate surface area is 505 Å². The fourth-order valence-electron chi connectivity index (χ4n) is 10.2. The van der Waals surface area contributed by atoms with E-state index >= 15 is 0 Å². The molecule has 5 saturated heterocycles. The van der Waals surface area contributed by atoms with Crippen molar-refractivity contribution in [1.29, 1.82) is 0 Å². The van der Waals surface area contributed by atoms with Gasteiger partial charge in [-0.05, 0) is 167 Å². The molecule has 8 rings (SSSR count). The van der Waals surface area contributed by atoms with Crippen LogP contribution in [0.2, 0.25) is 0 Å². The molecule has 20 nitrogen and oxygen atoms in total. The van der Waals surface area contributed by atoms with Gasteiger partial charge < -0.3 is 59.0 Å². The highest BCUT2D eigenvalue weighted by Gasteiger charge is 2.34. The summed E-state index contributed by atoms with van der Waals surface area (Å²) in [6.45, 7) is 24.9. The van der Waals surface area contributed by atoms with Crippen molar-refractivity contribution in [3.05, 3.63) is 90.2 Å². The topological polar surface area (TPSA) is 222 Å². The molecule has 86 heavy (non-hydrogen) atoms. The summed E-state index contributed by atoms with van der Waals surface area (Å²) in [6.07, 6.45) is 5.74. The number of nitrogen functional groups attached to an aromatic ring is 1. The van der Waals surface area contributed by atoms with Gasteiger partial charge in [-0.3, -0.25) is 19.2 Å². The summed E-state index contributed by atoms with van der Waals surface area (Å²) in [4.78, 5) is 105. The van der Waals surface area contributed by atoms with E-state index < -0.39 is 11.2 Å². The number of hydrogen-bond donors (Lipinski definition) is 1. The Kier molecular flexibility index (Phi) is 28.6. The molecule has 476 valence electrons. The maximum absolute atomic E-state index is 13.2. The minimum atomic E-state index is -0.520. The van der Waals surface area contributed by atoms with Crippen molar-refractivity contribution in [3.8, 4) is 0 Å². The number of carbonyl (C=O) groups is 8. The van der Waals surface area contributed by atoms with E-state index in [0.717, 1.165) is 57.5 Å². The van der Waals surface area contributed by atoms with Crippen LogP contribution in [0.3, 0.4) is 0 Å². The van der Waals surface area contributed by atoms with Crippen LogP contribution < -0.4 is 15.5 Å². The van der Waals surface area contributed by atoms with Crippen molar-refractivity contribution < 1.29 is 70.5 Å². The number of Topliss-reactive ketones (excluding diaryl/α,β-unsaturated/α-hetero) is 2. The number of carbonyl (C=O) groups excluding carboxylic acids is 8. The first kappa shape index (κ1) is 71.1. The Bertz CT molecular complexity index is 2610. The van der Waals surface area contributed by atoms with Crippen LogP contribution in [-0.2, 0) is 38.1 Å². The average Bonchev–Trinajstić information content (AvgIpc) is 2.14. The van der Waals surface area contributed by atoms with Gasteiger partial charge >= 0.3 is 24.4 Å². The summed E-state index contributed by atoms with van der Waals surface area (Å²) in [5.41, 5.74) is 6.31. The highest BCUT2D eigenvalue weighted by Crippen LogP contribution is 2.29. The number of piperidine rings is 5. The number of likely N-dealkylation sites (tertiary alicyclic amines) is 5. The number of amides is 6. The molecule has 5 fully saturated rings. The van der Waals surface area contributed by atoms with E-state index in [1.165, 1.54) is 55.5 Å².